The number of ether oxygens (including phenoxy) is 1. The van der Waals surface area contributed by atoms with Gasteiger partial charge < -0.3 is 4.74 Å². The van der Waals surface area contributed by atoms with E-state index in [-0.39, 0.29) is 0 Å². The van der Waals surface area contributed by atoms with Gasteiger partial charge in [-0.1, -0.05) is 0 Å². The molecule has 0 unspecified atom stereocenters. The summed E-state index contributed by atoms with van der Waals surface area (Å²) in [6.45, 7) is 1.49. The smallest absolute Gasteiger partial charge is 0.0717 e. The van der Waals surface area contributed by atoms with E-state index in [0.29, 0.717) is 6.61 Å². The van der Waals surface area contributed by atoms with Crippen molar-refractivity contribution in [1.82, 2.24) is 9.97 Å². The molecule has 0 saturated carbocycles. The molecule has 0 N–H and O–H groups in total. The lowest BCUT2D eigenvalue weighted by atomic mass is 10.1. The molecular weight excluding hydrogens is 224 g/mol. The fraction of sp³-hybridized carbons (Fsp3) is 0.333. The maximum atomic E-state index is 5.62. The maximum absolute atomic E-state index is 5.62. The molecular formula is C15H18N2O. The van der Waals surface area contributed by atoms with E-state index < -0.39 is 0 Å². The second-order valence-electron chi connectivity index (χ2n) is 4.22. The second kappa shape index (κ2) is 7.56. The molecule has 3 heteroatoms. The van der Waals surface area contributed by atoms with Crippen LogP contribution in [0.4, 0.5) is 0 Å². The Morgan fingerprint density at radius 2 is 1.39 bits per heavy atom. The number of aryl methyl sites for hydroxylation is 1. The van der Waals surface area contributed by atoms with Crippen LogP contribution in [0.1, 0.15) is 24.0 Å². The summed E-state index contributed by atoms with van der Waals surface area (Å²) in [5.41, 5.74) is 2.53. The summed E-state index contributed by atoms with van der Waals surface area (Å²) in [7, 11) is 0. The molecule has 0 bridgehead atoms. The summed E-state index contributed by atoms with van der Waals surface area (Å²) in [4.78, 5) is 7.98. The van der Waals surface area contributed by atoms with Gasteiger partial charge in [0.25, 0.3) is 0 Å². The molecule has 0 radical (unpaired) electrons. The third kappa shape index (κ3) is 4.63. The quantitative estimate of drug-likeness (QED) is 0.700. The van der Waals surface area contributed by atoms with Crippen molar-refractivity contribution in [2.24, 2.45) is 0 Å². The van der Waals surface area contributed by atoms with Crippen LogP contribution in [-0.2, 0) is 17.8 Å². The number of nitrogens with zero attached hydrogens (tertiary/aromatic N) is 2. The van der Waals surface area contributed by atoms with Crippen molar-refractivity contribution in [2.45, 2.75) is 25.9 Å². The molecule has 0 aromatic carbocycles. The minimum atomic E-state index is 0.678. The van der Waals surface area contributed by atoms with E-state index in [1.165, 1.54) is 11.1 Å². The van der Waals surface area contributed by atoms with Gasteiger partial charge >= 0.3 is 0 Å². The van der Waals surface area contributed by atoms with Crippen LogP contribution >= 0.6 is 0 Å². The van der Waals surface area contributed by atoms with E-state index in [0.717, 1.165) is 25.9 Å². The molecule has 0 aliphatic heterocycles. The van der Waals surface area contributed by atoms with Gasteiger partial charge in [-0.3, -0.25) is 9.97 Å². The Hall–Kier alpha value is -1.74. The number of hydrogen-bond donors (Lipinski definition) is 0. The minimum absolute atomic E-state index is 0.678. The average Bonchev–Trinajstić information content (AvgIpc) is 2.45. The molecule has 0 spiro atoms. The van der Waals surface area contributed by atoms with Gasteiger partial charge in [0.05, 0.1) is 6.61 Å². The van der Waals surface area contributed by atoms with Crippen LogP contribution in [0.5, 0.6) is 0 Å². The largest absolute Gasteiger partial charge is 0.377 e. The van der Waals surface area contributed by atoms with E-state index in [1.807, 2.05) is 24.5 Å². The molecule has 3 nitrogen and oxygen atoms in total. The van der Waals surface area contributed by atoms with Crippen LogP contribution in [0.3, 0.4) is 0 Å². The van der Waals surface area contributed by atoms with Crippen LogP contribution in [0.15, 0.2) is 49.1 Å². The summed E-state index contributed by atoms with van der Waals surface area (Å²) in [6, 6.07) is 8.10. The number of aromatic nitrogens is 2. The summed E-state index contributed by atoms with van der Waals surface area (Å²) >= 11 is 0. The van der Waals surface area contributed by atoms with Crippen molar-refractivity contribution in [2.75, 3.05) is 6.61 Å². The number of pyridine rings is 2. The second-order valence-corrected chi connectivity index (χ2v) is 4.22. The average molecular weight is 242 g/mol. The van der Waals surface area contributed by atoms with Crippen molar-refractivity contribution in [1.29, 1.82) is 0 Å². The van der Waals surface area contributed by atoms with Crippen molar-refractivity contribution in [3.05, 3.63) is 60.2 Å². The SMILES string of the molecule is c1cc(CCCCOCc2ccncc2)ccn1. The fourth-order valence-corrected chi connectivity index (χ4v) is 1.75. The molecule has 0 aliphatic rings. The van der Waals surface area contributed by atoms with Crippen LogP contribution in [-0.4, -0.2) is 16.6 Å². The first kappa shape index (κ1) is 12.7. The lowest BCUT2D eigenvalue weighted by Gasteiger charge is -2.04. The van der Waals surface area contributed by atoms with E-state index in [4.69, 9.17) is 4.74 Å². The van der Waals surface area contributed by atoms with Crippen LogP contribution < -0.4 is 0 Å². The Kier molecular flexibility index (Phi) is 5.34. The van der Waals surface area contributed by atoms with Crippen LogP contribution in [0.25, 0.3) is 0 Å². The highest BCUT2D eigenvalue weighted by Crippen LogP contribution is 2.04. The van der Waals surface area contributed by atoms with Crippen LogP contribution in [0.2, 0.25) is 0 Å². The highest BCUT2D eigenvalue weighted by atomic mass is 16.5. The van der Waals surface area contributed by atoms with Crippen molar-refractivity contribution in [3.8, 4) is 0 Å². The topological polar surface area (TPSA) is 35.0 Å². The molecule has 2 aromatic rings. The fourth-order valence-electron chi connectivity index (χ4n) is 1.75. The molecule has 2 heterocycles. The Bertz CT molecular complexity index is 387. The van der Waals surface area contributed by atoms with Crippen molar-refractivity contribution < 1.29 is 4.74 Å². The Balaban J connectivity index is 1.54. The van der Waals surface area contributed by atoms with Crippen molar-refractivity contribution in [3.63, 3.8) is 0 Å². The molecule has 2 aromatic heterocycles. The summed E-state index contributed by atoms with van der Waals surface area (Å²) in [6.07, 6.45) is 10.6. The van der Waals surface area contributed by atoms with E-state index >= 15 is 0 Å². The molecule has 2 rings (SSSR count). The lowest BCUT2D eigenvalue weighted by Crippen LogP contribution is -1.96. The lowest BCUT2D eigenvalue weighted by molar-refractivity contribution is 0.117. The van der Waals surface area contributed by atoms with Gasteiger partial charge in [-0.25, -0.2) is 0 Å². The predicted molar refractivity (Wildman–Crippen MR) is 71.1 cm³/mol. The summed E-state index contributed by atoms with van der Waals surface area (Å²) in [5, 5.41) is 0. The Morgan fingerprint density at radius 1 is 0.778 bits per heavy atom. The van der Waals surface area contributed by atoms with E-state index in [2.05, 4.69) is 22.1 Å². The predicted octanol–water partition coefficient (Wildman–Crippen LogP) is 3.02. The van der Waals surface area contributed by atoms with Gasteiger partial charge in [0.15, 0.2) is 0 Å². The third-order valence-electron chi connectivity index (χ3n) is 2.77. The van der Waals surface area contributed by atoms with Gasteiger partial charge in [-0.2, -0.15) is 0 Å². The normalized spacial score (nSPS) is 10.4. The van der Waals surface area contributed by atoms with Gasteiger partial charge in [0.2, 0.25) is 0 Å². The van der Waals surface area contributed by atoms with E-state index in [9.17, 15) is 0 Å². The van der Waals surface area contributed by atoms with Crippen LogP contribution in [0, 0.1) is 0 Å². The third-order valence-corrected chi connectivity index (χ3v) is 2.77. The first-order valence-corrected chi connectivity index (χ1v) is 6.31. The number of rotatable bonds is 7. The highest BCUT2D eigenvalue weighted by molar-refractivity contribution is 5.09. The zero-order chi connectivity index (χ0) is 12.5. The van der Waals surface area contributed by atoms with Gasteiger partial charge in [0.1, 0.15) is 0 Å². The molecule has 0 fully saturated rings. The van der Waals surface area contributed by atoms with E-state index in [1.54, 1.807) is 12.4 Å². The zero-order valence-electron chi connectivity index (χ0n) is 10.5. The molecule has 0 amide bonds. The first-order chi connectivity index (χ1) is 8.95. The van der Waals surface area contributed by atoms with Gasteiger partial charge in [-0.05, 0) is 54.7 Å². The summed E-state index contributed by atoms with van der Waals surface area (Å²) < 4.78 is 5.62. The zero-order valence-corrected chi connectivity index (χ0v) is 10.5. The number of unbranched alkanes of at least 4 members (excludes halogenated alkanes) is 1. The molecule has 18 heavy (non-hydrogen) atoms. The highest BCUT2D eigenvalue weighted by Gasteiger charge is 1.94. The maximum Gasteiger partial charge on any atom is 0.0717 e. The van der Waals surface area contributed by atoms with Gasteiger partial charge in [-0.15, -0.1) is 0 Å². The van der Waals surface area contributed by atoms with Crippen molar-refractivity contribution >= 4 is 0 Å². The standard InChI is InChI=1S/C15H18N2O/c1(3-14-4-8-16-9-5-14)2-12-18-13-15-6-10-17-11-7-15/h4-11H,1-3,12-13H2. The van der Waals surface area contributed by atoms with Gasteiger partial charge in [0, 0.05) is 31.4 Å². The first-order valence-electron chi connectivity index (χ1n) is 6.31. The number of hydrogen-bond acceptors (Lipinski definition) is 3. The summed E-state index contributed by atoms with van der Waals surface area (Å²) in [5.74, 6) is 0. The minimum Gasteiger partial charge on any atom is -0.377 e. The molecule has 94 valence electrons. The Labute approximate surface area is 108 Å². The molecule has 0 atom stereocenters. The molecule has 0 saturated heterocycles. The monoisotopic (exact) mass is 242 g/mol. The Morgan fingerprint density at radius 3 is 2.06 bits per heavy atom. The molecule has 0 aliphatic carbocycles.